The van der Waals surface area contributed by atoms with E-state index in [0.29, 0.717) is 29.4 Å². The summed E-state index contributed by atoms with van der Waals surface area (Å²) in [4.78, 5) is 35.4. The number of hydrogen-bond donors (Lipinski definition) is 2. The van der Waals surface area contributed by atoms with E-state index in [4.69, 9.17) is 24.4 Å². The van der Waals surface area contributed by atoms with Gasteiger partial charge in [-0.25, -0.2) is 4.79 Å². The molecule has 0 amide bonds. The summed E-state index contributed by atoms with van der Waals surface area (Å²) in [6, 6.07) is 0. The van der Waals surface area contributed by atoms with Gasteiger partial charge in [0.05, 0.1) is 31.5 Å². The Hall–Kier alpha value is -1.23. The highest BCUT2D eigenvalue weighted by Gasteiger charge is 2.34. The van der Waals surface area contributed by atoms with Crippen LogP contribution in [0.3, 0.4) is 0 Å². The largest absolute Gasteiger partial charge is 0.465 e. The van der Waals surface area contributed by atoms with Crippen molar-refractivity contribution in [2.45, 2.75) is 26.2 Å². The smallest absolute Gasteiger partial charge is 0.330 e. The number of aliphatic hydroxyl groups is 2. The fraction of sp³-hybridized carbons (Fsp3) is 0.737. The molecule has 0 aliphatic carbocycles. The topological polar surface area (TPSA) is 119 Å². The molecule has 0 aliphatic rings. The molecular formula is C19H32O8S2. The van der Waals surface area contributed by atoms with Gasteiger partial charge in [-0.05, 0) is 6.42 Å². The van der Waals surface area contributed by atoms with Crippen LogP contribution in [0.1, 0.15) is 26.2 Å². The van der Waals surface area contributed by atoms with E-state index < -0.39 is 23.3 Å². The van der Waals surface area contributed by atoms with Gasteiger partial charge < -0.3 is 24.4 Å². The number of hydrogen-bond acceptors (Lipinski definition) is 10. The molecule has 0 aliphatic heterocycles. The number of rotatable bonds is 18. The first-order valence-corrected chi connectivity index (χ1v) is 11.7. The van der Waals surface area contributed by atoms with Gasteiger partial charge in [0.1, 0.15) is 19.8 Å². The Morgan fingerprint density at radius 2 is 1.31 bits per heavy atom. The van der Waals surface area contributed by atoms with Gasteiger partial charge in [-0.1, -0.05) is 13.5 Å². The average molecular weight is 453 g/mol. The second-order valence-corrected chi connectivity index (χ2v) is 8.61. The van der Waals surface area contributed by atoms with Crippen LogP contribution in [-0.4, -0.2) is 84.2 Å². The molecule has 0 aromatic rings. The molecule has 0 unspecified atom stereocenters. The van der Waals surface area contributed by atoms with Crippen LogP contribution >= 0.6 is 23.5 Å². The molecule has 0 fully saturated rings. The zero-order valence-corrected chi connectivity index (χ0v) is 18.6. The number of carbonyl (C=O) groups is 3. The molecule has 0 saturated carbocycles. The molecular weight excluding hydrogens is 420 g/mol. The van der Waals surface area contributed by atoms with Crippen molar-refractivity contribution in [2.75, 3.05) is 56.0 Å². The van der Waals surface area contributed by atoms with Crippen LogP contribution in [0.15, 0.2) is 12.7 Å². The molecule has 29 heavy (non-hydrogen) atoms. The third kappa shape index (κ3) is 14.4. The Morgan fingerprint density at radius 3 is 1.69 bits per heavy atom. The van der Waals surface area contributed by atoms with Crippen LogP contribution in [0.2, 0.25) is 0 Å². The van der Waals surface area contributed by atoms with Gasteiger partial charge >= 0.3 is 17.9 Å². The average Bonchev–Trinajstić information content (AvgIpc) is 2.73. The van der Waals surface area contributed by atoms with Crippen molar-refractivity contribution in [1.82, 2.24) is 0 Å². The number of thioether (sulfide) groups is 2. The van der Waals surface area contributed by atoms with Gasteiger partial charge in [-0.15, -0.1) is 0 Å². The third-order valence-electron chi connectivity index (χ3n) is 3.89. The number of carbonyl (C=O) groups excluding carboxylic acids is 3. The lowest BCUT2D eigenvalue weighted by molar-refractivity contribution is -0.160. The molecule has 2 N–H and O–H groups in total. The van der Waals surface area contributed by atoms with Crippen LogP contribution in [0.4, 0.5) is 0 Å². The van der Waals surface area contributed by atoms with Crippen molar-refractivity contribution in [3.8, 4) is 0 Å². The van der Waals surface area contributed by atoms with Crippen LogP contribution in [0.5, 0.6) is 0 Å². The van der Waals surface area contributed by atoms with Gasteiger partial charge in [0.25, 0.3) is 0 Å². The predicted molar refractivity (Wildman–Crippen MR) is 114 cm³/mol. The number of esters is 3. The van der Waals surface area contributed by atoms with Crippen molar-refractivity contribution in [3.63, 3.8) is 0 Å². The molecule has 0 spiro atoms. The van der Waals surface area contributed by atoms with E-state index in [2.05, 4.69) is 6.58 Å². The molecule has 168 valence electrons. The van der Waals surface area contributed by atoms with Crippen LogP contribution in [-0.2, 0) is 28.6 Å². The van der Waals surface area contributed by atoms with Crippen molar-refractivity contribution >= 4 is 41.4 Å². The van der Waals surface area contributed by atoms with Gasteiger partial charge in [0.15, 0.2) is 0 Å². The van der Waals surface area contributed by atoms with Crippen molar-refractivity contribution in [1.29, 1.82) is 0 Å². The lowest BCUT2D eigenvalue weighted by Gasteiger charge is -2.31. The maximum atomic E-state index is 12.0. The third-order valence-corrected chi connectivity index (χ3v) is 5.82. The van der Waals surface area contributed by atoms with Gasteiger partial charge in [0, 0.05) is 29.1 Å². The van der Waals surface area contributed by atoms with E-state index in [0.717, 1.165) is 6.08 Å². The van der Waals surface area contributed by atoms with E-state index in [1.165, 1.54) is 23.5 Å². The zero-order valence-electron chi connectivity index (χ0n) is 16.9. The summed E-state index contributed by atoms with van der Waals surface area (Å²) in [5, 5.41) is 17.5. The van der Waals surface area contributed by atoms with E-state index in [1.54, 1.807) is 0 Å². The standard InChI is InChI=1S/C19H32O8S2/c1-3-16(22)25-13-19(4-2,14-26-17(23)5-9-28-11-7-20)15-27-18(24)6-10-29-12-8-21/h3,20-21H,1,4-15H2,2H3. The van der Waals surface area contributed by atoms with Gasteiger partial charge in [-0.3, -0.25) is 9.59 Å². The summed E-state index contributed by atoms with van der Waals surface area (Å²) in [5.41, 5.74) is -0.847. The normalized spacial score (nSPS) is 11.0. The Balaban J connectivity index is 4.69. The second-order valence-electron chi connectivity index (χ2n) is 6.16. The van der Waals surface area contributed by atoms with Crippen LogP contribution < -0.4 is 0 Å². The maximum absolute atomic E-state index is 12.0. The molecule has 0 rings (SSSR count). The Morgan fingerprint density at radius 1 is 0.862 bits per heavy atom. The Labute approximate surface area is 180 Å². The monoisotopic (exact) mass is 452 g/mol. The fourth-order valence-corrected chi connectivity index (χ4v) is 3.26. The van der Waals surface area contributed by atoms with E-state index in [1.807, 2.05) is 6.92 Å². The Bertz CT molecular complexity index is 471. The molecule has 0 aromatic carbocycles. The van der Waals surface area contributed by atoms with Gasteiger partial charge in [0.2, 0.25) is 0 Å². The summed E-state index contributed by atoms with van der Waals surface area (Å²) in [5.74, 6) is 0.743. The van der Waals surface area contributed by atoms with Crippen molar-refractivity contribution in [2.24, 2.45) is 5.41 Å². The van der Waals surface area contributed by atoms with E-state index in [9.17, 15) is 14.4 Å². The number of ether oxygens (including phenoxy) is 3. The molecule has 0 heterocycles. The molecule has 0 aromatic heterocycles. The van der Waals surface area contributed by atoms with E-state index in [-0.39, 0.29) is 45.9 Å². The first-order chi connectivity index (χ1) is 13.9. The molecule has 0 bridgehead atoms. The summed E-state index contributed by atoms with van der Waals surface area (Å²) in [7, 11) is 0. The first kappa shape index (κ1) is 27.8. The number of aliphatic hydroxyl groups excluding tert-OH is 2. The summed E-state index contributed by atoms with van der Waals surface area (Å²) >= 11 is 2.89. The highest BCUT2D eigenvalue weighted by Crippen LogP contribution is 2.25. The lowest BCUT2D eigenvalue weighted by Crippen LogP contribution is -2.39. The first-order valence-electron chi connectivity index (χ1n) is 9.40. The quantitative estimate of drug-likeness (QED) is 0.137. The summed E-state index contributed by atoms with van der Waals surface area (Å²) in [6.45, 7) is 5.10. The molecule has 10 heteroatoms. The minimum atomic E-state index is -0.847. The Kier molecular flexibility index (Phi) is 16.9. The van der Waals surface area contributed by atoms with Crippen LogP contribution in [0, 0.1) is 5.41 Å². The highest BCUT2D eigenvalue weighted by atomic mass is 32.2. The highest BCUT2D eigenvalue weighted by molar-refractivity contribution is 7.99. The summed E-state index contributed by atoms with van der Waals surface area (Å²) in [6.07, 6.45) is 1.88. The van der Waals surface area contributed by atoms with Crippen molar-refractivity contribution in [3.05, 3.63) is 12.7 Å². The minimum Gasteiger partial charge on any atom is -0.465 e. The van der Waals surface area contributed by atoms with Crippen molar-refractivity contribution < 1.29 is 38.8 Å². The predicted octanol–water partition coefficient (Wildman–Crippen LogP) is 1.43. The molecule has 8 nitrogen and oxygen atoms in total. The molecule has 0 radical (unpaired) electrons. The SMILES string of the molecule is C=CC(=O)OCC(CC)(COC(=O)CCSCCO)COC(=O)CCSCCO. The maximum Gasteiger partial charge on any atom is 0.330 e. The molecule has 0 saturated heterocycles. The van der Waals surface area contributed by atoms with Crippen LogP contribution in [0.25, 0.3) is 0 Å². The van der Waals surface area contributed by atoms with E-state index >= 15 is 0 Å². The summed E-state index contributed by atoms with van der Waals surface area (Å²) < 4.78 is 15.8. The fourth-order valence-electron chi connectivity index (χ4n) is 1.97. The molecule has 0 atom stereocenters. The van der Waals surface area contributed by atoms with Gasteiger partial charge in [-0.2, -0.15) is 23.5 Å². The minimum absolute atomic E-state index is 0.0516. The lowest BCUT2D eigenvalue weighted by atomic mass is 9.88. The zero-order chi connectivity index (χ0) is 22.0. The second kappa shape index (κ2) is 17.6.